The highest BCUT2D eigenvalue weighted by Crippen LogP contribution is 2.11. The summed E-state index contributed by atoms with van der Waals surface area (Å²) in [5, 5.41) is 2.91. The van der Waals surface area contributed by atoms with E-state index in [2.05, 4.69) is 24.1 Å². The van der Waals surface area contributed by atoms with Crippen molar-refractivity contribution in [1.29, 1.82) is 0 Å². The molecular weight excluding hydrogens is 240 g/mol. The van der Waals surface area contributed by atoms with Gasteiger partial charge in [0.2, 0.25) is 5.91 Å². The lowest BCUT2D eigenvalue weighted by Gasteiger charge is -2.35. The Hall–Kier alpha value is -1.39. The summed E-state index contributed by atoms with van der Waals surface area (Å²) in [5.74, 6) is 0.0676. The van der Waals surface area contributed by atoms with Crippen LogP contribution in [0.4, 0.5) is 5.69 Å². The molecule has 2 atom stereocenters. The van der Waals surface area contributed by atoms with Gasteiger partial charge in [-0.25, -0.2) is 0 Å². The van der Waals surface area contributed by atoms with Gasteiger partial charge in [0.15, 0.2) is 0 Å². The van der Waals surface area contributed by atoms with Crippen molar-refractivity contribution in [2.75, 3.05) is 25.0 Å². The molecule has 1 aromatic carbocycles. The van der Waals surface area contributed by atoms with Crippen molar-refractivity contribution in [2.24, 2.45) is 0 Å². The highest BCUT2D eigenvalue weighted by atomic mass is 16.5. The number of hydrogen-bond acceptors (Lipinski definition) is 3. The SMILES string of the molecule is C[C@@H]1CN(CCC(=O)Nc2ccccc2)C[C@H](C)O1. The Morgan fingerprint density at radius 3 is 2.53 bits per heavy atom. The van der Waals surface area contributed by atoms with Crippen LogP contribution < -0.4 is 5.32 Å². The number of morpholine rings is 1. The van der Waals surface area contributed by atoms with Crippen LogP contribution in [0.1, 0.15) is 20.3 Å². The van der Waals surface area contributed by atoms with Crippen molar-refractivity contribution >= 4 is 11.6 Å². The zero-order chi connectivity index (χ0) is 13.7. The summed E-state index contributed by atoms with van der Waals surface area (Å²) in [6.07, 6.45) is 1.02. The number of benzene rings is 1. The Bertz CT molecular complexity index is 398. The lowest BCUT2D eigenvalue weighted by molar-refractivity contribution is -0.117. The summed E-state index contributed by atoms with van der Waals surface area (Å²) in [7, 11) is 0. The summed E-state index contributed by atoms with van der Waals surface area (Å²) >= 11 is 0. The van der Waals surface area contributed by atoms with Gasteiger partial charge >= 0.3 is 0 Å². The van der Waals surface area contributed by atoms with Crippen molar-refractivity contribution < 1.29 is 9.53 Å². The van der Waals surface area contributed by atoms with Crippen molar-refractivity contribution in [1.82, 2.24) is 4.90 Å². The summed E-state index contributed by atoms with van der Waals surface area (Å²) in [6, 6.07) is 9.57. The molecule has 0 spiro atoms. The number of amides is 1. The van der Waals surface area contributed by atoms with Gasteiger partial charge < -0.3 is 10.1 Å². The average Bonchev–Trinajstić information content (AvgIpc) is 2.36. The van der Waals surface area contributed by atoms with E-state index in [1.807, 2.05) is 30.3 Å². The molecule has 0 bridgehead atoms. The number of nitrogens with zero attached hydrogens (tertiary/aromatic N) is 1. The quantitative estimate of drug-likeness (QED) is 0.903. The second kappa shape index (κ2) is 6.68. The third kappa shape index (κ3) is 4.65. The fraction of sp³-hybridized carbons (Fsp3) is 0.533. The highest BCUT2D eigenvalue weighted by Gasteiger charge is 2.22. The second-order valence-electron chi connectivity index (χ2n) is 5.18. The number of nitrogens with one attached hydrogen (secondary N) is 1. The molecule has 4 nitrogen and oxygen atoms in total. The summed E-state index contributed by atoms with van der Waals surface area (Å²) in [5.41, 5.74) is 0.858. The van der Waals surface area contributed by atoms with Gasteiger partial charge in [-0.2, -0.15) is 0 Å². The third-order valence-corrected chi connectivity index (χ3v) is 3.21. The first-order valence-corrected chi connectivity index (χ1v) is 6.86. The van der Waals surface area contributed by atoms with Crippen molar-refractivity contribution in [3.63, 3.8) is 0 Å². The molecule has 104 valence electrons. The Morgan fingerprint density at radius 2 is 1.89 bits per heavy atom. The lowest BCUT2D eigenvalue weighted by Crippen LogP contribution is -2.46. The first-order valence-electron chi connectivity index (χ1n) is 6.86. The van der Waals surface area contributed by atoms with Gasteiger partial charge in [-0.3, -0.25) is 9.69 Å². The fourth-order valence-corrected chi connectivity index (χ4v) is 2.47. The minimum absolute atomic E-state index is 0.0676. The van der Waals surface area contributed by atoms with E-state index in [1.54, 1.807) is 0 Å². The summed E-state index contributed by atoms with van der Waals surface area (Å²) < 4.78 is 5.68. The molecule has 1 aliphatic heterocycles. The lowest BCUT2D eigenvalue weighted by atomic mass is 10.2. The first kappa shape index (κ1) is 14.0. The van der Waals surface area contributed by atoms with E-state index in [-0.39, 0.29) is 18.1 Å². The zero-order valence-corrected chi connectivity index (χ0v) is 11.6. The third-order valence-electron chi connectivity index (χ3n) is 3.21. The topological polar surface area (TPSA) is 41.6 Å². The number of carbonyl (C=O) groups is 1. The summed E-state index contributed by atoms with van der Waals surface area (Å²) in [6.45, 7) is 6.75. The molecule has 0 aliphatic carbocycles. The molecule has 0 unspecified atom stereocenters. The van der Waals surface area contributed by atoms with Crippen LogP contribution in [0.25, 0.3) is 0 Å². The van der Waals surface area contributed by atoms with Crippen molar-refractivity contribution in [3.05, 3.63) is 30.3 Å². The molecule has 0 aromatic heterocycles. The molecule has 1 fully saturated rings. The Morgan fingerprint density at radius 1 is 1.26 bits per heavy atom. The van der Waals surface area contributed by atoms with Crippen LogP contribution in [-0.2, 0) is 9.53 Å². The molecule has 1 amide bonds. The maximum absolute atomic E-state index is 11.8. The van der Waals surface area contributed by atoms with Gasteiger partial charge in [0.1, 0.15) is 0 Å². The monoisotopic (exact) mass is 262 g/mol. The molecule has 19 heavy (non-hydrogen) atoms. The van der Waals surface area contributed by atoms with E-state index >= 15 is 0 Å². The first-order chi connectivity index (χ1) is 9.13. The molecule has 2 rings (SSSR count). The van der Waals surface area contributed by atoms with Gasteiger partial charge in [-0.1, -0.05) is 18.2 Å². The number of carbonyl (C=O) groups excluding carboxylic acids is 1. The zero-order valence-electron chi connectivity index (χ0n) is 11.6. The highest BCUT2D eigenvalue weighted by molar-refractivity contribution is 5.90. The van der Waals surface area contributed by atoms with E-state index in [1.165, 1.54) is 0 Å². The number of hydrogen-bond donors (Lipinski definition) is 1. The Balaban J connectivity index is 1.74. The number of ether oxygens (including phenoxy) is 1. The average molecular weight is 262 g/mol. The molecule has 0 saturated carbocycles. The Labute approximate surface area is 114 Å². The molecule has 0 radical (unpaired) electrons. The van der Waals surface area contributed by atoms with Gasteiger partial charge in [-0.15, -0.1) is 0 Å². The Kier molecular flexibility index (Phi) is 4.93. The maximum atomic E-state index is 11.8. The van der Waals surface area contributed by atoms with Crippen LogP contribution in [0.2, 0.25) is 0 Å². The van der Waals surface area contributed by atoms with Gasteiger partial charge in [-0.05, 0) is 26.0 Å². The molecule has 1 aliphatic rings. The van der Waals surface area contributed by atoms with E-state index in [0.29, 0.717) is 6.42 Å². The largest absolute Gasteiger partial charge is 0.373 e. The van der Waals surface area contributed by atoms with E-state index in [9.17, 15) is 4.79 Å². The van der Waals surface area contributed by atoms with Crippen LogP contribution >= 0.6 is 0 Å². The van der Waals surface area contributed by atoms with Crippen LogP contribution in [-0.4, -0.2) is 42.6 Å². The second-order valence-corrected chi connectivity index (χ2v) is 5.18. The maximum Gasteiger partial charge on any atom is 0.225 e. The van der Waals surface area contributed by atoms with Crippen molar-refractivity contribution in [2.45, 2.75) is 32.5 Å². The van der Waals surface area contributed by atoms with E-state index < -0.39 is 0 Å². The van der Waals surface area contributed by atoms with Gasteiger partial charge in [0, 0.05) is 31.7 Å². The molecule has 1 saturated heterocycles. The van der Waals surface area contributed by atoms with Crippen molar-refractivity contribution in [3.8, 4) is 0 Å². The van der Waals surface area contributed by atoms with Crippen LogP contribution in [0.3, 0.4) is 0 Å². The van der Waals surface area contributed by atoms with Gasteiger partial charge in [0.25, 0.3) is 0 Å². The number of rotatable bonds is 4. The van der Waals surface area contributed by atoms with Crippen LogP contribution in [0.15, 0.2) is 30.3 Å². The molecule has 4 heteroatoms. The molecule has 1 heterocycles. The minimum Gasteiger partial charge on any atom is -0.373 e. The van der Waals surface area contributed by atoms with Crippen LogP contribution in [0.5, 0.6) is 0 Å². The van der Waals surface area contributed by atoms with Gasteiger partial charge in [0.05, 0.1) is 12.2 Å². The smallest absolute Gasteiger partial charge is 0.225 e. The fourth-order valence-electron chi connectivity index (χ4n) is 2.47. The number of para-hydroxylation sites is 1. The minimum atomic E-state index is 0.0676. The van der Waals surface area contributed by atoms with Crippen LogP contribution in [0, 0.1) is 0 Å². The molecule has 1 aromatic rings. The number of anilines is 1. The molecule has 1 N–H and O–H groups in total. The predicted molar refractivity (Wildman–Crippen MR) is 76.1 cm³/mol. The standard InChI is InChI=1S/C15H22N2O2/c1-12-10-17(11-13(2)19-12)9-8-15(18)16-14-6-4-3-5-7-14/h3-7,12-13H,8-11H2,1-2H3,(H,16,18)/t12-,13+. The normalized spacial score (nSPS) is 24.1. The van der Waals surface area contributed by atoms with E-state index in [4.69, 9.17) is 4.74 Å². The summed E-state index contributed by atoms with van der Waals surface area (Å²) in [4.78, 5) is 14.1. The van der Waals surface area contributed by atoms with E-state index in [0.717, 1.165) is 25.3 Å². The molecular formula is C15H22N2O2. The predicted octanol–water partition coefficient (Wildman–Crippen LogP) is 2.12.